The van der Waals surface area contributed by atoms with Crippen LogP contribution in [0.5, 0.6) is 0 Å². The van der Waals surface area contributed by atoms with E-state index in [1.807, 2.05) is 0 Å². The SMILES string of the molecule is C[C@H](N)[C@H](O)CNS(=O)(=O)c1ccccn1. The van der Waals surface area contributed by atoms with Crippen molar-refractivity contribution in [3.05, 3.63) is 24.4 Å². The first-order valence-electron chi connectivity index (χ1n) is 4.78. The second kappa shape index (κ2) is 5.35. The van der Waals surface area contributed by atoms with E-state index >= 15 is 0 Å². The number of nitrogens with zero attached hydrogens (tertiary/aromatic N) is 1. The highest BCUT2D eigenvalue weighted by molar-refractivity contribution is 7.89. The van der Waals surface area contributed by atoms with Gasteiger partial charge in [-0.1, -0.05) is 6.07 Å². The smallest absolute Gasteiger partial charge is 0.258 e. The van der Waals surface area contributed by atoms with Crippen LogP contribution in [0.2, 0.25) is 0 Å². The summed E-state index contributed by atoms with van der Waals surface area (Å²) in [6.45, 7) is 1.47. The number of nitrogens with one attached hydrogen (secondary N) is 1. The molecule has 1 aromatic rings. The van der Waals surface area contributed by atoms with Gasteiger partial charge in [-0.3, -0.25) is 0 Å². The zero-order valence-electron chi connectivity index (χ0n) is 8.87. The Labute approximate surface area is 94.6 Å². The lowest BCUT2D eigenvalue weighted by atomic mass is 10.2. The number of hydrogen-bond donors (Lipinski definition) is 3. The van der Waals surface area contributed by atoms with E-state index in [0.717, 1.165) is 0 Å². The van der Waals surface area contributed by atoms with Crippen molar-refractivity contribution in [1.82, 2.24) is 9.71 Å². The third-order valence-corrected chi connectivity index (χ3v) is 3.34. The normalized spacial score (nSPS) is 15.7. The van der Waals surface area contributed by atoms with Crippen molar-refractivity contribution in [2.45, 2.75) is 24.1 Å². The summed E-state index contributed by atoms with van der Waals surface area (Å²) in [6, 6.07) is 4.08. The Kier molecular flexibility index (Phi) is 4.36. The van der Waals surface area contributed by atoms with Crippen LogP contribution in [0.25, 0.3) is 0 Å². The summed E-state index contributed by atoms with van der Waals surface area (Å²) in [6.07, 6.45) is 0.467. The Morgan fingerprint density at radius 1 is 1.56 bits per heavy atom. The second-order valence-corrected chi connectivity index (χ2v) is 5.16. The monoisotopic (exact) mass is 245 g/mol. The van der Waals surface area contributed by atoms with Gasteiger partial charge in [0.1, 0.15) is 0 Å². The molecule has 6 nitrogen and oxygen atoms in total. The molecule has 1 rings (SSSR count). The van der Waals surface area contributed by atoms with E-state index in [1.54, 1.807) is 19.1 Å². The molecule has 0 saturated carbocycles. The number of pyridine rings is 1. The number of aliphatic hydroxyl groups excluding tert-OH is 1. The van der Waals surface area contributed by atoms with Gasteiger partial charge >= 0.3 is 0 Å². The van der Waals surface area contributed by atoms with Crippen molar-refractivity contribution in [1.29, 1.82) is 0 Å². The summed E-state index contributed by atoms with van der Waals surface area (Å²) in [5.74, 6) is 0. The minimum Gasteiger partial charge on any atom is -0.390 e. The summed E-state index contributed by atoms with van der Waals surface area (Å²) in [7, 11) is -3.67. The first-order chi connectivity index (χ1) is 7.43. The Morgan fingerprint density at radius 2 is 2.25 bits per heavy atom. The first kappa shape index (κ1) is 13.0. The van der Waals surface area contributed by atoms with E-state index in [0.29, 0.717) is 0 Å². The van der Waals surface area contributed by atoms with Crippen LogP contribution in [-0.4, -0.2) is 37.2 Å². The Balaban J connectivity index is 2.67. The molecule has 0 bridgehead atoms. The molecular formula is C9H15N3O3S. The molecule has 0 spiro atoms. The Bertz CT molecular complexity index is 419. The van der Waals surface area contributed by atoms with Crippen LogP contribution in [0.4, 0.5) is 0 Å². The summed E-state index contributed by atoms with van der Waals surface area (Å²) >= 11 is 0. The molecular weight excluding hydrogens is 230 g/mol. The van der Waals surface area contributed by atoms with Gasteiger partial charge in [-0.15, -0.1) is 0 Å². The lowest BCUT2D eigenvalue weighted by Gasteiger charge is -2.14. The topological polar surface area (TPSA) is 105 Å². The number of nitrogens with two attached hydrogens (primary N) is 1. The summed E-state index contributed by atoms with van der Waals surface area (Å²) in [4.78, 5) is 3.71. The molecule has 0 aromatic carbocycles. The number of sulfonamides is 1. The van der Waals surface area contributed by atoms with Crippen LogP contribution in [-0.2, 0) is 10.0 Å². The molecule has 0 aliphatic carbocycles. The van der Waals surface area contributed by atoms with Gasteiger partial charge in [0.05, 0.1) is 6.10 Å². The third-order valence-electron chi connectivity index (χ3n) is 2.00. The fourth-order valence-corrected chi connectivity index (χ4v) is 1.96. The minimum atomic E-state index is -3.67. The third kappa shape index (κ3) is 3.53. The molecule has 0 amide bonds. The molecule has 4 N–H and O–H groups in total. The summed E-state index contributed by atoms with van der Waals surface area (Å²) in [5, 5.41) is 9.29. The Morgan fingerprint density at radius 3 is 2.75 bits per heavy atom. The van der Waals surface area contributed by atoms with Crippen molar-refractivity contribution in [2.24, 2.45) is 5.73 Å². The largest absolute Gasteiger partial charge is 0.390 e. The molecule has 0 aliphatic heterocycles. The van der Waals surface area contributed by atoms with Crippen molar-refractivity contribution < 1.29 is 13.5 Å². The molecule has 0 saturated heterocycles. The Hall–Kier alpha value is -1.02. The quantitative estimate of drug-likeness (QED) is 0.621. The molecule has 0 fully saturated rings. The number of aliphatic hydroxyl groups is 1. The van der Waals surface area contributed by atoms with Gasteiger partial charge in [0.25, 0.3) is 10.0 Å². The standard InChI is InChI=1S/C9H15N3O3S/c1-7(10)8(13)6-12-16(14,15)9-4-2-3-5-11-9/h2-5,7-8,12-13H,6,10H2,1H3/t7-,8+/m0/s1. The van der Waals surface area contributed by atoms with Crippen molar-refractivity contribution in [3.8, 4) is 0 Å². The van der Waals surface area contributed by atoms with Gasteiger partial charge in [0.2, 0.25) is 0 Å². The van der Waals surface area contributed by atoms with E-state index in [2.05, 4.69) is 9.71 Å². The van der Waals surface area contributed by atoms with Crippen LogP contribution in [0.1, 0.15) is 6.92 Å². The molecule has 1 heterocycles. The molecule has 7 heteroatoms. The number of hydrogen-bond acceptors (Lipinski definition) is 5. The van der Waals surface area contributed by atoms with Gasteiger partial charge in [-0.25, -0.2) is 18.1 Å². The summed E-state index contributed by atoms with van der Waals surface area (Å²) < 4.78 is 25.5. The predicted octanol–water partition coefficient (Wildman–Crippen LogP) is -0.932. The highest BCUT2D eigenvalue weighted by Gasteiger charge is 2.18. The molecule has 2 atom stereocenters. The molecule has 0 radical (unpaired) electrons. The van der Waals surface area contributed by atoms with E-state index < -0.39 is 22.2 Å². The lowest BCUT2D eigenvalue weighted by Crippen LogP contribution is -2.41. The van der Waals surface area contributed by atoms with Gasteiger partial charge in [0.15, 0.2) is 5.03 Å². The van der Waals surface area contributed by atoms with Crippen molar-refractivity contribution in [2.75, 3.05) is 6.54 Å². The van der Waals surface area contributed by atoms with Crippen LogP contribution in [0, 0.1) is 0 Å². The van der Waals surface area contributed by atoms with Crippen LogP contribution >= 0.6 is 0 Å². The molecule has 90 valence electrons. The van der Waals surface area contributed by atoms with Gasteiger partial charge in [-0.05, 0) is 19.1 Å². The van der Waals surface area contributed by atoms with E-state index in [4.69, 9.17) is 5.73 Å². The highest BCUT2D eigenvalue weighted by atomic mass is 32.2. The number of aromatic nitrogens is 1. The van der Waals surface area contributed by atoms with Crippen LogP contribution in [0.15, 0.2) is 29.4 Å². The second-order valence-electron chi connectivity index (χ2n) is 3.45. The van der Waals surface area contributed by atoms with Crippen molar-refractivity contribution in [3.63, 3.8) is 0 Å². The molecule has 16 heavy (non-hydrogen) atoms. The maximum atomic E-state index is 11.6. The van der Waals surface area contributed by atoms with E-state index in [9.17, 15) is 13.5 Å². The van der Waals surface area contributed by atoms with Gasteiger partial charge in [0, 0.05) is 18.8 Å². The zero-order valence-corrected chi connectivity index (χ0v) is 9.68. The molecule has 0 unspecified atom stereocenters. The maximum absolute atomic E-state index is 11.6. The average Bonchev–Trinajstić information content (AvgIpc) is 2.27. The first-order valence-corrected chi connectivity index (χ1v) is 6.26. The van der Waals surface area contributed by atoms with Crippen LogP contribution in [0.3, 0.4) is 0 Å². The lowest BCUT2D eigenvalue weighted by molar-refractivity contribution is 0.155. The average molecular weight is 245 g/mol. The van der Waals surface area contributed by atoms with E-state index in [-0.39, 0.29) is 11.6 Å². The molecule has 0 aliphatic rings. The zero-order chi connectivity index (χ0) is 12.2. The predicted molar refractivity (Wildman–Crippen MR) is 59.1 cm³/mol. The van der Waals surface area contributed by atoms with Gasteiger partial charge < -0.3 is 10.8 Å². The molecule has 1 aromatic heterocycles. The minimum absolute atomic E-state index is 0.0770. The van der Waals surface area contributed by atoms with Crippen LogP contribution < -0.4 is 10.5 Å². The number of rotatable bonds is 5. The van der Waals surface area contributed by atoms with E-state index in [1.165, 1.54) is 12.3 Å². The van der Waals surface area contributed by atoms with Gasteiger partial charge in [-0.2, -0.15) is 0 Å². The summed E-state index contributed by atoms with van der Waals surface area (Å²) in [5.41, 5.74) is 5.40. The van der Waals surface area contributed by atoms with Crippen molar-refractivity contribution >= 4 is 10.0 Å². The highest BCUT2D eigenvalue weighted by Crippen LogP contribution is 2.03. The fraction of sp³-hybridized carbons (Fsp3) is 0.444. The fourth-order valence-electron chi connectivity index (χ4n) is 0.961. The maximum Gasteiger partial charge on any atom is 0.258 e.